The molecule has 68 heavy (non-hydrogen) atoms. The molecule has 0 aromatic carbocycles. The number of thiophene rings is 12. The maximum absolute atomic E-state index is 11.8. The first-order chi connectivity index (χ1) is 32.3. The predicted molar refractivity (Wildman–Crippen MR) is 336 cm³/mol. The number of carbonyl (C=O) groups is 4. The van der Waals surface area contributed by atoms with E-state index in [0.717, 1.165) is 92.9 Å². The number of hydrogen-bond donors (Lipinski definition) is 0. The van der Waals surface area contributed by atoms with Gasteiger partial charge in [-0.3, -0.25) is 19.2 Å². The number of fused-ring (bicyclic) bond motifs is 6. The number of hydrogen-bond acceptors (Lipinski definition) is 16. The summed E-state index contributed by atoms with van der Waals surface area (Å²) in [6, 6.07) is 7.99. The number of Topliss-reactive ketones (excluding diaryl/α,β-unsaturated/α-hetero) is 4. The van der Waals surface area contributed by atoms with Gasteiger partial charge in [-0.2, -0.15) is 0 Å². The van der Waals surface area contributed by atoms with Crippen molar-refractivity contribution in [3.05, 3.63) is 79.6 Å². The van der Waals surface area contributed by atoms with Gasteiger partial charge in [0.05, 0.1) is 132 Å². The van der Waals surface area contributed by atoms with Crippen LogP contribution in [-0.4, -0.2) is 23.1 Å². The fourth-order valence-corrected chi connectivity index (χ4v) is 31.0. The average molecular weight is 1630 g/mol. The van der Waals surface area contributed by atoms with Crippen LogP contribution in [0.3, 0.4) is 0 Å². The fraction of sp³-hybridized carbons (Fsp3) is 0.0909. The Labute approximate surface area is 500 Å². The molecule has 12 rings (SSSR count). The van der Waals surface area contributed by atoms with Crippen LogP contribution >= 0.6 is 263 Å². The van der Waals surface area contributed by atoms with Crippen LogP contribution in [0.25, 0.3) is 95.4 Å². The number of rotatable bonds is 8. The molecular formula is C44H16Br8O4S12. The molecule has 344 valence electrons. The van der Waals surface area contributed by atoms with E-state index in [2.05, 4.69) is 127 Å². The average Bonchev–Trinajstić information content (AvgIpc) is 4.13. The van der Waals surface area contributed by atoms with Crippen molar-refractivity contribution in [1.29, 1.82) is 0 Å². The second-order valence-corrected chi connectivity index (χ2v) is 33.6. The van der Waals surface area contributed by atoms with Gasteiger partial charge in [0.25, 0.3) is 0 Å². The van der Waals surface area contributed by atoms with Crippen LogP contribution in [0.5, 0.6) is 0 Å². The summed E-state index contributed by atoms with van der Waals surface area (Å²) in [5.74, 6) is 0.419. The van der Waals surface area contributed by atoms with E-state index >= 15 is 0 Å². The lowest BCUT2D eigenvalue weighted by Gasteiger charge is -1.99. The zero-order valence-electron chi connectivity index (χ0n) is 33.9. The Bertz CT molecular complexity index is 3650. The summed E-state index contributed by atoms with van der Waals surface area (Å²) in [5, 5.41) is 0. The van der Waals surface area contributed by atoms with Gasteiger partial charge in [-0.15, -0.1) is 136 Å². The highest BCUT2D eigenvalue weighted by Gasteiger charge is 2.29. The van der Waals surface area contributed by atoms with Gasteiger partial charge >= 0.3 is 0 Å². The van der Waals surface area contributed by atoms with Gasteiger partial charge in [-0.25, -0.2) is 0 Å². The van der Waals surface area contributed by atoms with Crippen LogP contribution in [0.1, 0.15) is 66.4 Å². The van der Waals surface area contributed by atoms with E-state index in [1.54, 1.807) is 164 Å². The summed E-state index contributed by atoms with van der Waals surface area (Å²) in [4.78, 5) is 59.8. The number of ketones is 4. The van der Waals surface area contributed by atoms with Crippen molar-refractivity contribution >= 4 is 343 Å². The molecular weight excluding hydrogens is 1620 g/mol. The molecule has 4 nitrogen and oxygen atoms in total. The van der Waals surface area contributed by atoms with Crippen LogP contribution in [0, 0.1) is 0 Å². The number of carbonyl (C=O) groups excluding carboxylic acids is 4. The first-order valence-electron chi connectivity index (χ1n) is 19.0. The molecule has 0 unspecified atom stereocenters. The minimum absolute atomic E-state index is 0.105. The summed E-state index contributed by atoms with van der Waals surface area (Å²) in [5.41, 5.74) is 0. The lowest BCUT2D eigenvalue weighted by Crippen LogP contribution is -1.83. The highest BCUT2D eigenvalue weighted by Crippen LogP contribution is 2.61. The summed E-state index contributed by atoms with van der Waals surface area (Å²) in [7, 11) is 0. The normalized spacial score (nSPS) is 12.1. The Hall–Kier alpha value is 0.480. The van der Waals surface area contributed by atoms with Crippen LogP contribution in [0.2, 0.25) is 0 Å². The van der Waals surface area contributed by atoms with Crippen LogP contribution in [0.15, 0.2) is 60.0 Å². The van der Waals surface area contributed by atoms with Gasteiger partial charge < -0.3 is 0 Å². The van der Waals surface area contributed by atoms with Crippen molar-refractivity contribution in [2.45, 2.75) is 27.7 Å². The molecule has 0 bridgehead atoms. The van der Waals surface area contributed by atoms with Crippen molar-refractivity contribution in [2.75, 3.05) is 0 Å². The van der Waals surface area contributed by atoms with E-state index in [0.29, 0.717) is 0 Å². The van der Waals surface area contributed by atoms with E-state index in [-0.39, 0.29) is 23.1 Å². The molecule has 24 heteroatoms. The Morgan fingerprint density at radius 3 is 0.588 bits per heavy atom. The molecule has 0 N–H and O–H groups in total. The topological polar surface area (TPSA) is 68.3 Å². The SMILES string of the molecule is CC(=O)c1cc2sc(-c3sc4c(Br)c(-c5sc6cc(C(C)=O)sc6c5Br)sc4c3Br)c(Br)c2s1.CC(=O)c1cc2sc(-c3sc4c(Br)c(-c5sc6cc(C(C)=O)sc6c5Br)sc4c3Br)c(Br)c2s1. The zero-order valence-corrected chi connectivity index (χ0v) is 56.4. The maximum atomic E-state index is 11.8. The molecule has 12 aromatic heterocycles. The standard InChI is InChI=1S/2C22H8Br4O2S6/c2*1-5(27)7-3-9-15(29-7)11(23)17(31-9)19-13(25)21-22(33-19)14(26)20(34-21)18-12(24)16-10(32-18)4-8(30-16)6(2)28/h2*3-4H,1-2H3. The van der Waals surface area contributed by atoms with E-state index in [1.807, 2.05) is 24.3 Å². The van der Waals surface area contributed by atoms with Crippen molar-refractivity contribution in [3.63, 3.8) is 0 Å². The second kappa shape index (κ2) is 19.2. The summed E-state index contributed by atoms with van der Waals surface area (Å²) in [6.07, 6.45) is 0. The molecule has 12 aromatic rings. The summed E-state index contributed by atoms with van der Waals surface area (Å²) >= 11 is 50.9. The third-order valence-corrected chi connectivity index (χ3v) is 36.6. The Balaban J connectivity index is 0.000000149. The molecule has 0 amide bonds. The maximum Gasteiger partial charge on any atom is 0.169 e. The second-order valence-electron chi connectivity index (χ2n) is 14.7. The quantitative estimate of drug-likeness (QED) is 0.142. The zero-order chi connectivity index (χ0) is 48.1. The third kappa shape index (κ3) is 8.38. The van der Waals surface area contributed by atoms with Crippen molar-refractivity contribution in [2.24, 2.45) is 0 Å². The van der Waals surface area contributed by atoms with Gasteiger partial charge in [-0.1, -0.05) is 0 Å². The van der Waals surface area contributed by atoms with E-state index in [4.69, 9.17) is 0 Å². The van der Waals surface area contributed by atoms with Crippen LogP contribution in [0.4, 0.5) is 0 Å². The molecule has 12 heterocycles. The molecule has 0 aliphatic rings. The Kier molecular flexibility index (Phi) is 14.3. The number of halogens is 8. The minimum atomic E-state index is 0.105. The largest absolute Gasteiger partial charge is 0.294 e. The highest BCUT2D eigenvalue weighted by atomic mass is 79.9. The Morgan fingerprint density at radius 1 is 0.265 bits per heavy atom. The van der Waals surface area contributed by atoms with Gasteiger partial charge in [0.15, 0.2) is 23.1 Å². The first kappa shape index (κ1) is 50.6. The molecule has 0 radical (unpaired) electrons. The van der Waals surface area contributed by atoms with E-state index in [1.165, 1.54) is 57.8 Å². The van der Waals surface area contributed by atoms with E-state index in [9.17, 15) is 19.2 Å². The van der Waals surface area contributed by atoms with Crippen LogP contribution < -0.4 is 0 Å². The predicted octanol–water partition coefficient (Wildman–Crippen LogP) is 24.6. The van der Waals surface area contributed by atoms with Gasteiger partial charge in [0, 0.05) is 18.8 Å². The fourth-order valence-electron chi connectivity index (χ4n) is 7.07. The smallest absolute Gasteiger partial charge is 0.169 e. The summed E-state index contributed by atoms with van der Waals surface area (Å²) in [6.45, 7) is 6.45. The van der Waals surface area contributed by atoms with Gasteiger partial charge in [0.1, 0.15) is 0 Å². The molecule has 0 saturated heterocycles. The van der Waals surface area contributed by atoms with Crippen molar-refractivity contribution in [1.82, 2.24) is 0 Å². The molecule has 0 spiro atoms. The van der Waals surface area contributed by atoms with Crippen LogP contribution in [-0.2, 0) is 0 Å². The van der Waals surface area contributed by atoms with Gasteiger partial charge in [-0.05, 0) is 179 Å². The van der Waals surface area contributed by atoms with Gasteiger partial charge in [0.2, 0.25) is 0 Å². The van der Waals surface area contributed by atoms with E-state index < -0.39 is 0 Å². The minimum Gasteiger partial charge on any atom is -0.294 e. The van der Waals surface area contributed by atoms with Crippen molar-refractivity contribution < 1.29 is 19.2 Å². The molecule has 0 aliphatic carbocycles. The van der Waals surface area contributed by atoms with Crippen molar-refractivity contribution in [3.8, 4) is 39.0 Å². The first-order valence-corrected chi connectivity index (χ1v) is 35.2. The lowest BCUT2D eigenvalue weighted by atomic mass is 10.3. The molecule has 0 atom stereocenters. The highest BCUT2D eigenvalue weighted by molar-refractivity contribution is 9.12. The molecule has 0 aliphatic heterocycles. The summed E-state index contributed by atoms with van der Waals surface area (Å²) < 4.78 is 22.5. The lowest BCUT2D eigenvalue weighted by molar-refractivity contribution is 0.101. The third-order valence-electron chi connectivity index (χ3n) is 10.3. The monoisotopic (exact) mass is 1620 g/mol. The Morgan fingerprint density at radius 2 is 0.426 bits per heavy atom. The molecule has 0 saturated carbocycles. The molecule has 0 fully saturated rings.